The van der Waals surface area contributed by atoms with E-state index in [1.165, 1.54) is 5.56 Å². The summed E-state index contributed by atoms with van der Waals surface area (Å²) < 4.78 is 5.60. The number of rotatable bonds is 7. The predicted molar refractivity (Wildman–Crippen MR) is 69.7 cm³/mol. The standard InChI is InChI=1S/C15H20O2/c1-13(8-10-16)14(2)9-11-17-12-15-6-4-3-5-7-15/h3-8,10,14H,9,11-12H2,1-2H3/b13-8-/t14-/m0/s1. The monoisotopic (exact) mass is 232 g/mol. The van der Waals surface area contributed by atoms with Gasteiger partial charge in [0.1, 0.15) is 6.29 Å². The van der Waals surface area contributed by atoms with Crippen LogP contribution < -0.4 is 0 Å². The number of aldehydes is 1. The molecule has 0 aliphatic rings. The highest BCUT2D eigenvalue weighted by molar-refractivity contribution is 5.66. The third-order valence-electron chi connectivity index (χ3n) is 2.92. The van der Waals surface area contributed by atoms with Gasteiger partial charge in [0.05, 0.1) is 6.61 Å². The van der Waals surface area contributed by atoms with Crippen molar-refractivity contribution in [1.82, 2.24) is 0 Å². The third kappa shape index (κ3) is 5.45. The molecule has 1 aromatic carbocycles. The smallest absolute Gasteiger partial charge is 0.142 e. The molecule has 17 heavy (non-hydrogen) atoms. The molecule has 0 N–H and O–H groups in total. The van der Waals surface area contributed by atoms with E-state index in [-0.39, 0.29) is 0 Å². The van der Waals surface area contributed by atoms with Crippen molar-refractivity contribution in [2.75, 3.05) is 6.61 Å². The van der Waals surface area contributed by atoms with Crippen molar-refractivity contribution < 1.29 is 9.53 Å². The van der Waals surface area contributed by atoms with Crippen LogP contribution in [0.2, 0.25) is 0 Å². The van der Waals surface area contributed by atoms with Crippen LogP contribution in [0.1, 0.15) is 25.8 Å². The van der Waals surface area contributed by atoms with Gasteiger partial charge in [-0.1, -0.05) is 42.8 Å². The Hall–Kier alpha value is -1.41. The first kappa shape index (κ1) is 13.7. The predicted octanol–water partition coefficient (Wildman–Crippen LogP) is 3.37. The highest BCUT2D eigenvalue weighted by Crippen LogP contribution is 2.13. The highest BCUT2D eigenvalue weighted by atomic mass is 16.5. The molecule has 0 saturated carbocycles. The van der Waals surface area contributed by atoms with Gasteiger partial charge in [0.15, 0.2) is 0 Å². The lowest BCUT2D eigenvalue weighted by Crippen LogP contribution is -2.03. The number of allylic oxidation sites excluding steroid dienone is 2. The normalized spacial score (nSPS) is 13.4. The summed E-state index contributed by atoms with van der Waals surface area (Å²) in [5.74, 6) is 0.399. The van der Waals surface area contributed by atoms with Crippen molar-refractivity contribution in [1.29, 1.82) is 0 Å². The fourth-order valence-corrected chi connectivity index (χ4v) is 1.52. The van der Waals surface area contributed by atoms with Gasteiger partial charge in [-0.05, 0) is 30.9 Å². The van der Waals surface area contributed by atoms with Crippen LogP contribution in [0.25, 0.3) is 0 Å². The zero-order valence-corrected chi connectivity index (χ0v) is 10.6. The second-order valence-electron chi connectivity index (χ2n) is 4.27. The maximum Gasteiger partial charge on any atom is 0.142 e. The molecule has 0 aliphatic heterocycles. The minimum absolute atomic E-state index is 0.399. The summed E-state index contributed by atoms with van der Waals surface area (Å²) in [5.41, 5.74) is 2.31. The van der Waals surface area contributed by atoms with E-state index < -0.39 is 0 Å². The molecule has 0 aromatic heterocycles. The van der Waals surface area contributed by atoms with Crippen molar-refractivity contribution in [3.63, 3.8) is 0 Å². The van der Waals surface area contributed by atoms with Gasteiger partial charge in [-0.15, -0.1) is 0 Å². The van der Waals surface area contributed by atoms with Crippen LogP contribution in [-0.2, 0) is 16.1 Å². The van der Waals surface area contributed by atoms with Crippen molar-refractivity contribution in [3.05, 3.63) is 47.5 Å². The first-order valence-corrected chi connectivity index (χ1v) is 5.97. The fourth-order valence-electron chi connectivity index (χ4n) is 1.52. The van der Waals surface area contributed by atoms with Gasteiger partial charge in [0, 0.05) is 6.61 Å². The zero-order valence-electron chi connectivity index (χ0n) is 10.6. The van der Waals surface area contributed by atoms with Gasteiger partial charge in [0.2, 0.25) is 0 Å². The largest absolute Gasteiger partial charge is 0.377 e. The quantitative estimate of drug-likeness (QED) is 0.409. The van der Waals surface area contributed by atoms with Gasteiger partial charge in [-0.3, -0.25) is 4.79 Å². The second kappa shape index (κ2) is 7.80. The number of hydrogen-bond acceptors (Lipinski definition) is 2. The van der Waals surface area contributed by atoms with Gasteiger partial charge >= 0.3 is 0 Å². The fraction of sp³-hybridized carbons (Fsp3) is 0.400. The van der Waals surface area contributed by atoms with E-state index >= 15 is 0 Å². The molecular formula is C15H20O2. The van der Waals surface area contributed by atoms with Gasteiger partial charge < -0.3 is 4.74 Å². The van der Waals surface area contributed by atoms with Crippen LogP contribution in [-0.4, -0.2) is 12.9 Å². The van der Waals surface area contributed by atoms with Crippen molar-refractivity contribution in [2.24, 2.45) is 5.92 Å². The number of benzene rings is 1. The van der Waals surface area contributed by atoms with Gasteiger partial charge in [-0.25, -0.2) is 0 Å². The Morgan fingerprint density at radius 1 is 1.35 bits per heavy atom. The van der Waals surface area contributed by atoms with E-state index in [0.717, 1.165) is 24.9 Å². The minimum Gasteiger partial charge on any atom is -0.377 e. The SMILES string of the molecule is C/C(=C/C=O)[C@@H](C)CCOCc1ccccc1. The van der Waals surface area contributed by atoms with Crippen LogP contribution in [0.5, 0.6) is 0 Å². The maximum atomic E-state index is 10.3. The first-order chi connectivity index (χ1) is 8.24. The Labute approximate surface area is 103 Å². The lowest BCUT2D eigenvalue weighted by molar-refractivity contribution is -0.104. The molecular weight excluding hydrogens is 212 g/mol. The molecule has 0 fully saturated rings. The number of ether oxygens (including phenoxy) is 1. The van der Waals surface area contributed by atoms with E-state index in [1.807, 2.05) is 25.1 Å². The molecule has 0 saturated heterocycles. The average molecular weight is 232 g/mol. The highest BCUT2D eigenvalue weighted by Gasteiger charge is 2.03. The molecule has 1 atom stereocenters. The Balaban J connectivity index is 2.20. The van der Waals surface area contributed by atoms with Crippen molar-refractivity contribution in [3.8, 4) is 0 Å². The number of hydrogen-bond donors (Lipinski definition) is 0. The molecule has 0 heterocycles. The Bertz CT molecular complexity index is 354. The van der Waals surface area contributed by atoms with E-state index in [0.29, 0.717) is 12.5 Å². The second-order valence-corrected chi connectivity index (χ2v) is 4.27. The van der Waals surface area contributed by atoms with Gasteiger partial charge in [-0.2, -0.15) is 0 Å². The zero-order chi connectivity index (χ0) is 12.5. The van der Waals surface area contributed by atoms with Crippen molar-refractivity contribution >= 4 is 6.29 Å². The first-order valence-electron chi connectivity index (χ1n) is 5.97. The summed E-state index contributed by atoms with van der Waals surface area (Å²) in [5, 5.41) is 0. The molecule has 0 amide bonds. The molecule has 2 nitrogen and oxygen atoms in total. The Morgan fingerprint density at radius 2 is 2.06 bits per heavy atom. The number of carbonyl (C=O) groups excluding carboxylic acids is 1. The summed E-state index contributed by atoms with van der Waals surface area (Å²) in [4.78, 5) is 10.3. The summed E-state index contributed by atoms with van der Waals surface area (Å²) in [7, 11) is 0. The molecule has 0 aliphatic carbocycles. The summed E-state index contributed by atoms with van der Waals surface area (Å²) >= 11 is 0. The van der Waals surface area contributed by atoms with E-state index in [1.54, 1.807) is 6.08 Å². The van der Waals surface area contributed by atoms with Gasteiger partial charge in [0.25, 0.3) is 0 Å². The van der Waals surface area contributed by atoms with E-state index in [9.17, 15) is 4.79 Å². The molecule has 92 valence electrons. The molecule has 0 unspecified atom stereocenters. The summed E-state index contributed by atoms with van der Waals surface area (Å²) in [6.45, 7) is 5.47. The van der Waals surface area contributed by atoms with E-state index in [2.05, 4.69) is 19.1 Å². The molecule has 0 spiro atoms. The summed E-state index contributed by atoms with van der Waals surface area (Å²) in [6, 6.07) is 10.1. The number of carbonyl (C=O) groups is 1. The third-order valence-corrected chi connectivity index (χ3v) is 2.92. The van der Waals surface area contributed by atoms with Crippen LogP contribution in [0, 0.1) is 5.92 Å². The van der Waals surface area contributed by atoms with Crippen LogP contribution in [0.15, 0.2) is 42.0 Å². The molecule has 2 heteroatoms. The lowest BCUT2D eigenvalue weighted by Gasteiger charge is -2.11. The average Bonchev–Trinajstić information content (AvgIpc) is 2.36. The van der Waals surface area contributed by atoms with Crippen LogP contribution in [0.3, 0.4) is 0 Å². The molecule has 0 bridgehead atoms. The maximum absolute atomic E-state index is 10.3. The lowest BCUT2D eigenvalue weighted by atomic mass is 9.99. The molecule has 1 rings (SSSR count). The minimum atomic E-state index is 0.399. The topological polar surface area (TPSA) is 26.3 Å². The van der Waals surface area contributed by atoms with E-state index in [4.69, 9.17) is 4.74 Å². The van der Waals surface area contributed by atoms with Crippen LogP contribution >= 0.6 is 0 Å². The van der Waals surface area contributed by atoms with Crippen molar-refractivity contribution in [2.45, 2.75) is 26.9 Å². The molecule has 1 aromatic rings. The summed E-state index contributed by atoms with van der Waals surface area (Å²) in [6.07, 6.45) is 3.42. The Kier molecular flexibility index (Phi) is 6.26. The Morgan fingerprint density at radius 3 is 2.71 bits per heavy atom. The van der Waals surface area contributed by atoms with Crippen LogP contribution in [0.4, 0.5) is 0 Å². The molecule has 0 radical (unpaired) electrons.